The van der Waals surface area contributed by atoms with Gasteiger partial charge in [-0.15, -0.1) is 0 Å². The fourth-order valence-electron chi connectivity index (χ4n) is 2.29. The van der Waals surface area contributed by atoms with Gasteiger partial charge in [0.1, 0.15) is 0 Å². The Labute approximate surface area is 98.1 Å². The highest BCUT2D eigenvalue weighted by Crippen LogP contribution is 2.29. The first-order valence-corrected chi connectivity index (χ1v) is 6.10. The molecule has 94 valence electrons. The van der Waals surface area contributed by atoms with Crippen LogP contribution in [0, 0.1) is 0 Å². The fourth-order valence-corrected chi connectivity index (χ4v) is 2.29. The topological polar surface area (TPSA) is 55.6 Å². The highest BCUT2D eigenvalue weighted by Gasteiger charge is 2.40. The molecule has 0 saturated heterocycles. The monoisotopic (exact) mass is 228 g/mol. The van der Waals surface area contributed by atoms with Crippen LogP contribution < -0.4 is 5.73 Å². The number of carbonyl (C=O) groups excluding carboxylic acids is 1. The fraction of sp³-hybridized carbons (Fsp3) is 0.917. The van der Waals surface area contributed by atoms with Crippen molar-refractivity contribution in [2.45, 2.75) is 51.1 Å². The molecule has 4 heteroatoms. The number of rotatable bonds is 5. The summed E-state index contributed by atoms with van der Waals surface area (Å²) in [5.41, 5.74) is 5.57. The Hall–Kier alpha value is -0.610. The average Bonchev–Trinajstić information content (AvgIpc) is 2.66. The maximum Gasteiger partial charge on any atom is 0.242 e. The van der Waals surface area contributed by atoms with Gasteiger partial charge in [-0.2, -0.15) is 0 Å². The second-order valence-corrected chi connectivity index (χ2v) is 4.95. The minimum Gasteiger partial charge on any atom is -0.383 e. The van der Waals surface area contributed by atoms with Crippen molar-refractivity contribution in [2.24, 2.45) is 5.73 Å². The SMILES string of the molecule is COCCN(C(=O)C1(N)CCCC1)C(C)C. The second-order valence-electron chi connectivity index (χ2n) is 4.95. The molecule has 0 aromatic heterocycles. The molecule has 1 aliphatic rings. The van der Waals surface area contributed by atoms with E-state index in [1.54, 1.807) is 7.11 Å². The second kappa shape index (κ2) is 5.64. The van der Waals surface area contributed by atoms with E-state index in [4.69, 9.17) is 10.5 Å². The summed E-state index contributed by atoms with van der Waals surface area (Å²) in [5.74, 6) is 0.0945. The maximum atomic E-state index is 12.4. The quantitative estimate of drug-likeness (QED) is 0.767. The zero-order chi connectivity index (χ0) is 12.2. The van der Waals surface area contributed by atoms with Crippen LogP contribution in [0.25, 0.3) is 0 Å². The largest absolute Gasteiger partial charge is 0.383 e. The zero-order valence-electron chi connectivity index (χ0n) is 10.7. The van der Waals surface area contributed by atoms with Crippen LogP contribution in [0.4, 0.5) is 0 Å². The molecule has 16 heavy (non-hydrogen) atoms. The minimum atomic E-state index is -0.613. The Balaban J connectivity index is 2.66. The molecular weight excluding hydrogens is 204 g/mol. The van der Waals surface area contributed by atoms with Crippen LogP contribution >= 0.6 is 0 Å². The number of hydrogen-bond acceptors (Lipinski definition) is 3. The van der Waals surface area contributed by atoms with E-state index >= 15 is 0 Å². The van der Waals surface area contributed by atoms with E-state index < -0.39 is 5.54 Å². The Morgan fingerprint density at radius 1 is 1.44 bits per heavy atom. The Bertz CT molecular complexity index is 235. The summed E-state index contributed by atoms with van der Waals surface area (Å²) in [4.78, 5) is 14.2. The molecule has 0 aromatic carbocycles. The van der Waals surface area contributed by atoms with Crippen LogP contribution in [-0.2, 0) is 9.53 Å². The normalized spacial score (nSPS) is 19.1. The highest BCUT2D eigenvalue weighted by molar-refractivity contribution is 5.86. The van der Waals surface area contributed by atoms with Crippen molar-refractivity contribution in [1.82, 2.24) is 4.90 Å². The van der Waals surface area contributed by atoms with E-state index in [1.165, 1.54) is 0 Å². The molecule has 1 fully saturated rings. The predicted octanol–water partition coefficient (Wildman–Crippen LogP) is 1.14. The number of nitrogens with zero attached hydrogens (tertiary/aromatic N) is 1. The summed E-state index contributed by atoms with van der Waals surface area (Å²) in [6.07, 6.45) is 3.78. The number of carbonyl (C=O) groups is 1. The van der Waals surface area contributed by atoms with Gasteiger partial charge in [0.05, 0.1) is 12.1 Å². The molecule has 0 radical (unpaired) electrons. The van der Waals surface area contributed by atoms with Gasteiger partial charge in [0.2, 0.25) is 5.91 Å². The van der Waals surface area contributed by atoms with Crippen LogP contribution in [0.2, 0.25) is 0 Å². The summed E-state index contributed by atoms with van der Waals surface area (Å²) < 4.78 is 5.03. The summed E-state index contributed by atoms with van der Waals surface area (Å²) >= 11 is 0. The third-order valence-electron chi connectivity index (χ3n) is 3.34. The third kappa shape index (κ3) is 2.95. The molecule has 1 aliphatic carbocycles. The zero-order valence-corrected chi connectivity index (χ0v) is 10.7. The van der Waals surface area contributed by atoms with E-state index in [-0.39, 0.29) is 11.9 Å². The van der Waals surface area contributed by atoms with Gasteiger partial charge in [0.25, 0.3) is 0 Å². The lowest BCUT2D eigenvalue weighted by Crippen LogP contribution is -2.56. The van der Waals surface area contributed by atoms with Gasteiger partial charge in [-0.3, -0.25) is 4.79 Å². The van der Waals surface area contributed by atoms with E-state index in [2.05, 4.69) is 0 Å². The van der Waals surface area contributed by atoms with Gasteiger partial charge >= 0.3 is 0 Å². The highest BCUT2D eigenvalue weighted by atomic mass is 16.5. The van der Waals surface area contributed by atoms with Crippen molar-refractivity contribution >= 4 is 5.91 Å². The molecule has 4 nitrogen and oxygen atoms in total. The summed E-state index contributed by atoms with van der Waals surface area (Å²) in [7, 11) is 1.65. The van der Waals surface area contributed by atoms with Gasteiger partial charge < -0.3 is 15.4 Å². The molecule has 0 aromatic rings. The first kappa shape index (κ1) is 13.5. The molecule has 1 saturated carbocycles. The summed E-state index contributed by atoms with van der Waals surface area (Å²) in [6, 6.07) is 0.184. The van der Waals surface area contributed by atoms with Gasteiger partial charge in [-0.05, 0) is 26.7 Å². The van der Waals surface area contributed by atoms with E-state index in [1.807, 2.05) is 18.7 Å². The van der Waals surface area contributed by atoms with Crippen molar-refractivity contribution in [2.75, 3.05) is 20.3 Å². The lowest BCUT2D eigenvalue weighted by molar-refractivity contribution is -0.139. The standard InChI is InChI=1S/C12H24N2O2/c1-10(2)14(8-9-16-3)11(15)12(13)6-4-5-7-12/h10H,4-9,13H2,1-3H3. The summed E-state index contributed by atoms with van der Waals surface area (Å²) in [6.45, 7) is 5.24. The first-order valence-electron chi connectivity index (χ1n) is 6.10. The van der Waals surface area contributed by atoms with Crippen LogP contribution in [0.5, 0.6) is 0 Å². The molecule has 0 atom stereocenters. The van der Waals surface area contributed by atoms with Gasteiger partial charge in [-0.25, -0.2) is 0 Å². The van der Waals surface area contributed by atoms with Crippen molar-refractivity contribution in [1.29, 1.82) is 0 Å². The van der Waals surface area contributed by atoms with E-state index in [0.717, 1.165) is 25.7 Å². The molecule has 0 spiro atoms. The van der Waals surface area contributed by atoms with Crippen molar-refractivity contribution in [3.05, 3.63) is 0 Å². The lowest BCUT2D eigenvalue weighted by Gasteiger charge is -2.34. The number of amides is 1. The van der Waals surface area contributed by atoms with E-state index in [0.29, 0.717) is 13.2 Å². The molecule has 0 unspecified atom stereocenters. The molecule has 1 amide bonds. The molecule has 0 heterocycles. The van der Waals surface area contributed by atoms with E-state index in [9.17, 15) is 4.79 Å². The van der Waals surface area contributed by atoms with Crippen LogP contribution in [-0.4, -0.2) is 42.6 Å². The van der Waals surface area contributed by atoms with Gasteiger partial charge in [0.15, 0.2) is 0 Å². The average molecular weight is 228 g/mol. The van der Waals surface area contributed by atoms with Crippen molar-refractivity contribution < 1.29 is 9.53 Å². The maximum absolute atomic E-state index is 12.4. The molecule has 1 rings (SSSR count). The molecule has 0 bridgehead atoms. The Kier molecular flexibility index (Phi) is 4.74. The van der Waals surface area contributed by atoms with Crippen LogP contribution in [0.15, 0.2) is 0 Å². The Morgan fingerprint density at radius 3 is 2.44 bits per heavy atom. The summed E-state index contributed by atoms with van der Waals surface area (Å²) in [5, 5.41) is 0. The molecule has 0 aliphatic heterocycles. The number of hydrogen-bond donors (Lipinski definition) is 1. The lowest BCUT2D eigenvalue weighted by atomic mass is 9.96. The van der Waals surface area contributed by atoms with Crippen LogP contribution in [0.3, 0.4) is 0 Å². The number of ether oxygens (including phenoxy) is 1. The minimum absolute atomic E-state index is 0.0945. The molecular formula is C12H24N2O2. The number of nitrogens with two attached hydrogens (primary N) is 1. The smallest absolute Gasteiger partial charge is 0.242 e. The van der Waals surface area contributed by atoms with Crippen molar-refractivity contribution in [3.8, 4) is 0 Å². The van der Waals surface area contributed by atoms with Crippen molar-refractivity contribution in [3.63, 3.8) is 0 Å². The van der Waals surface area contributed by atoms with Gasteiger partial charge in [-0.1, -0.05) is 12.8 Å². The third-order valence-corrected chi connectivity index (χ3v) is 3.34. The predicted molar refractivity (Wildman–Crippen MR) is 64.1 cm³/mol. The van der Waals surface area contributed by atoms with Crippen LogP contribution in [0.1, 0.15) is 39.5 Å². The Morgan fingerprint density at radius 2 is 2.00 bits per heavy atom. The first-order chi connectivity index (χ1) is 7.51. The number of methoxy groups -OCH3 is 1. The van der Waals surface area contributed by atoms with Gasteiger partial charge in [0, 0.05) is 19.7 Å². The molecule has 2 N–H and O–H groups in total.